The molecule has 0 aromatic heterocycles. The summed E-state index contributed by atoms with van der Waals surface area (Å²) in [6.45, 7) is 4.48. The minimum absolute atomic E-state index is 0.220. The summed E-state index contributed by atoms with van der Waals surface area (Å²) in [5, 5.41) is 3.25. The van der Waals surface area contributed by atoms with Crippen molar-refractivity contribution in [2.24, 2.45) is 0 Å². The van der Waals surface area contributed by atoms with Gasteiger partial charge in [0.05, 0.1) is 0 Å². The van der Waals surface area contributed by atoms with Crippen LogP contribution in [0.5, 0.6) is 0 Å². The molecule has 0 unspecified atom stereocenters. The highest BCUT2D eigenvalue weighted by Crippen LogP contribution is 2.14. The van der Waals surface area contributed by atoms with Crippen molar-refractivity contribution in [3.8, 4) is 0 Å². The lowest BCUT2D eigenvalue weighted by molar-refractivity contribution is 0.628. The van der Waals surface area contributed by atoms with Gasteiger partial charge in [0.2, 0.25) is 0 Å². The maximum Gasteiger partial charge on any atom is 0.123 e. The summed E-state index contributed by atoms with van der Waals surface area (Å²) in [6, 6.07) is 14.4. The summed E-state index contributed by atoms with van der Waals surface area (Å²) >= 11 is 0. The van der Waals surface area contributed by atoms with Crippen molar-refractivity contribution in [1.82, 2.24) is 0 Å². The molecule has 0 fully saturated rings. The summed E-state index contributed by atoms with van der Waals surface area (Å²) in [6.07, 6.45) is 1.83. The van der Waals surface area contributed by atoms with Gasteiger partial charge >= 0.3 is 0 Å². The Kier molecular flexibility index (Phi) is 3.55. The molecule has 0 aliphatic carbocycles. The fourth-order valence-electron chi connectivity index (χ4n) is 1.66. The van der Waals surface area contributed by atoms with E-state index in [-0.39, 0.29) is 5.82 Å². The zero-order chi connectivity index (χ0) is 12.1. The lowest BCUT2D eigenvalue weighted by atomic mass is 10.1. The van der Waals surface area contributed by atoms with Gasteiger partial charge in [-0.15, -0.1) is 0 Å². The van der Waals surface area contributed by atoms with Crippen LogP contribution in [0.1, 0.15) is 11.1 Å². The molecule has 0 atom stereocenters. The smallest absolute Gasteiger partial charge is 0.123 e. The zero-order valence-corrected chi connectivity index (χ0v) is 9.49. The second-order valence-electron chi connectivity index (χ2n) is 3.76. The first-order valence-corrected chi connectivity index (χ1v) is 5.49. The molecule has 1 nitrogen and oxygen atoms in total. The van der Waals surface area contributed by atoms with E-state index >= 15 is 0 Å². The van der Waals surface area contributed by atoms with Gasteiger partial charge < -0.3 is 5.32 Å². The van der Waals surface area contributed by atoms with Crippen molar-refractivity contribution >= 4 is 11.8 Å². The maximum atomic E-state index is 12.7. The first-order chi connectivity index (χ1) is 8.29. The summed E-state index contributed by atoms with van der Waals surface area (Å²) < 4.78 is 12.7. The molecule has 1 N–H and O–H groups in total. The van der Waals surface area contributed by atoms with Gasteiger partial charge in [0.25, 0.3) is 0 Å². The van der Waals surface area contributed by atoms with Crippen LogP contribution in [0.2, 0.25) is 0 Å². The molecule has 0 amide bonds. The van der Waals surface area contributed by atoms with Crippen LogP contribution < -0.4 is 5.32 Å². The van der Waals surface area contributed by atoms with E-state index in [1.54, 1.807) is 12.1 Å². The second kappa shape index (κ2) is 5.30. The van der Waals surface area contributed by atoms with E-state index in [2.05, 4.69) is 11.9 Å². The molecule has 0 bridgehead atoms. The van der Waals surface area contributed by atoms with Crippen molar-refractivity contribution in [1.29, 1.82) is 0 Å². The molecule has 0 saturated heterocycles. The second-order valence-corrected chi connectivity index (χ2v) is 3.76. The lowest BCUT2D eigenvalue weighted by Gasteiger charge is -2.09. The summed E-state index contributed by atoms with van der Waals surface area (Å²) in [5.74, 6) is -0.220. The molecule has 0 saturated carbocycles. The van der Waals surface area contributed by atoms with Crippen LogP contribution in [0.25, 0.3) is 6.08 Å². The van der Waals surface area contributed by atoms with Gasteiger partial charge in [0.1, 0.15) is 5.82 Å². The largest absolute Gasteiger partial charge is 0.381 e. The first-order valence-electron chi connectivity index (χ1n) is 5.49. The van der Waals surface area contributed by atoms with Gasteiger partial charge in [-0.25, -0.2) is 4.39 Å². The third kappa shape index (κ3) is 2.94. The maximum absolute atomic E-state index is 12.7. The molecule has 0 aliphatic heterocycles. The number of hydrogen-bond donors (Lipinski definition) is 1. The first kappa shape index (κ1) is 11.4. The average molecular weight is 227 g/mol. The monoisotopic (exact) mass is 227 g/mol. The van der Waals surface area contributed by atoms with Crippen LogP contribution in [0.15, 0.2) is 55.1 Å². The Hall–Kier alpha value is -2.09. The number of halogens is 1. The number of benzene rings is 2. The molecule has 17 heavy (non-hydrogen) atoms. The molecule has 86 valence electrons. The third-order valence-electron chi connectivity index (χ3n) is 2.60. The molecule has 2 aromatic carbocycles. The predicted octanol–water partition coefficient (Wildman–Crippen LogP) is 4.08. The normalized spacial score (nSPS) is 9.94. The number of nitrogens with one attached hydrogen (secondary N) is 1. The number of anilines is 1. The van der Waals surface area contributed by atoms with Crippen LogP contribution in [0.4, 0.5) is 10.1 Å². The molecule has 0 heterocycles. The van der Waals surface area contributed by atoms with Crippen LogP contribution in [-0.2, 0) is 6.54 Å². The van der Waals surface area contributed by atoms with Gasteiger partial charge in [-0.05, 0) is 35.4 Å². The molecular weight excluding hydrogens is 213 g/mol. The van der Waals surface area contributed by atoms with E-state index in [0.29, 0.717) is 6.54 Å². The summed E-state index contributed by atoms with van der Waals surface area (Å²) in [7, 11) is 0. The highest BCUT2D eigenvalue weighted by Gasteiger charge is 1.98. The molecule has 0 radical (unpaired) electrons. The standard InChI is InChI=1S/C15H14FN/c1-2-12-5-3-4-6-13(12)11-17-15-9-7-14(16)8-10-15/h2-10,17H,1,11H2. The van der Waals surface area contributed by atoms with Crippen molar-refractivity contribution < 1.29 is 4.39 Å². The molecular formula is C15H14FN. The molecule has 2 rings (SSSR count). The van der Waals surface area contributed by atoms with E-state index in [1.165, 1.54) is 17.7 Å². The quantitative estimate of drug-likeness (QED) is 0.829. The summed E-state index contributed by atoms with van der Waals surface area (Å²) in [5.41, 5.74) is 3.19. The van der Waals surface area contributed by atoms with E-state index in [4.69, 9.17) is 0 Å². The van der Waals surface area contributed by atoms with E-state index in [9.17, 15) is 4.39 Å². The zero-order valence-electron chi connectivity index (χ0n) is 9.49. The van der Waals surface area contributed by atoms with E-state index in [0.717, 1.165) is 11.3 Å². The minimum Gasteiger partial charge on any atom is -0.381 e. The Labute approximate surface area is 101 Å². The minimum atomic E-state index is -0.220. The highest BCUT2D eigenvalue weighted by molar-refractivity contribution is 5.53. The van der Waals surface area contributed by atoms with Gasteiger partial charge in [-0.1, -0.05) is 36.9 Å². The van der Waals surface area contributed by atoms with Crippen LogP contribution in [-0.4, -0.2) is 0 Å². The Balaban J connectivity index is 2.07. The molecule has 0 aliphatic rings. The van der Waals surface area contributed by atoms with Crippen LogP contribution in [0.3, 0.4) is 0 Å². The summed E-state index contributed by atoms with van der Waals surface area (Å²) in [4.78, 5) is 0. The van der Waals surface area contributed by atoms with Gasteiger partial charge in [-0.3, -0.25) is 0 Å². The van der Waals surface area contributed by atoms with E-state index < -0.39 is 0 Å². The fraction of sp³-hybridized carbons (Fsp3) is 0.0667. The number of hydrogen-bond acceptors (Lipinski definition) is 1. The van der Waals surface area contributed by atoms with Crippen molar-refractivity contribution in [2.45, 2.75) is 6.54 Å². The Morgan fingerprint density at radius 3 is 2.47 bits per heavy atom. The predicted molar refractivity (Wildman–Crippen MR) is 70.3 cm³/mol. The topological polar surface area (TPSA) is 12.0 Å². The highest BCUT2D eigenvalue weighted by atomic mass is 19.1. The number of rotatable bonds is 4. The Morgan fingerprint density at radius 1 is 1.06 bits per heavy atom. The van der Waals surface area contributed by atoms with Crippen LogP contribution in [0, 0.1) is 5.82 Å². The Morgan fingerprint density at radius 2 is 1.76 bits per heavy atom. The molecule has 0 spiro atoms. The average Bonchev–Trinajstić information content (AvgIpc) is 2.38. The third-order valence-corrected chi connectivity index (χ3v) is 2.60. The van der Waals surface area contributed by atoms with Gasteiger partial charge in [0, 0.05) is 12.2 Å². The van der Waals surface area contributed by atoms with Gasteiger partial charge in [-0.2, -0.15) is 0 Å². The van der Waals surface area contributed by atoms with E-state index in [1.807, 2.05) is 30.3 Å². The molecule has 2 heteroatoms. The fourth-order valence-corrected chi connectivity index (χ4v) is 1.66. The van der Waals surface area contributed by atoms with Crippen molar-refractivity contribution in [3.63, 3.8) is 0 Å². The SMILES string of the molecule is C=Cc1ccccc1CNc1ccc(F)cc1. The van der Waals surface area contributed by atoms with Crippen molar-refractivity contribution in [3.05, 3.63) is 72.1 Å². The lowest BCUT2D eigenvalue weighted by Crippen LogP contribution is -2.00. The molecule has 2 aromatic rings. The Bertz CT molecular complexity index is 503. The van der Waals surface area contributed by atoms with Gasteiger partial charge in [0.15, 0.2) is 0 Å². The van der Waals surface area contributed by atoms with Crippen LogP contribution >= 0.6 is 0 Å². The van der Waals surface area contributed by atoms with Crippen molar-refractivity contribution in [2.75, 3.05) is 5.32 Å².